The van der Waals surface area contributed by atoms with Gasteiger partial charge in [-0.1, -0.05) is 57.4 Å². The number of hydrogen-bond acceptors (Lipinski definition) is 4. The Morgan fingerprint density at radius 3 is 2.21 bits per heavy atom. The number of aryl methyl sites for hydroxylation is 1. The zero-order valence-electron chi connectivity index (χ0n) is 20.7. The van der Waals surface area contributed by atoms with Crippen molar-refractivity contribution in [2.75, 3.05) is 0 Å². The van der Waals surface area contributed by atoms with Gasteiger partial charge in [-0.15, -0.1) is 0 Å². The normalized spacial score (nSPS) is 12.7. The number of furan rings is 1. The van der Waals surface area contributed by atoms with E-state index in [2.05, 4.69) is 29.0 Å². The van der Waals surface area contributed by atoms with Crippen molar-refractivity contribution in [3.05, 3.63) is 95.7 Å². The van der Waals surface area contributed by atoms with Crippen LogP contribution in [0.25, 0.3) is 0 Å². The minimum atomic E-state index is -0.455. The molecule has 1 rings (SSSR count). The summed E-state index contributed by atoms with van der Waals surface area (Å²) in [6.07, 6.45) is 13.2. The number of hydrazone groups is 1. The quantitative estimate of drug-likeness (QED) is 0.149. The predicted octanol–water partition coefficient (Wildman–Crippen LogP) is 6.06. The van der Waals surface area contributed by atoms with Crippen LogP contribution in [0.15, 0.2) is 93.7 Å². The van der Waals surface area contributed by atoms with Crippen LogP contribution in [0.5, 0.6) is 0 Å². The van der Waals surface area contributed by atoms with Crippen molar-refractivity contribution in [3.8, 4) is 0 Å². The van der Waals surface area contributed by atoms with Crippen molar-refractivity contribution < 1.29 is 14.0 Å². The van der Waals surface area contributed by atoms with E-state index in [9.17, 15) is 9.59 Å². The summed E-state index contributed by atoms with van der Waals surface area (Å²) in [7, 11) is 0. The maximum absolute atomic E-state index is 12.5. The Kier molecular flexibility index (Phi) is 15.1. The molecule has 0 aliphatic rings. The van der Waals surface area contributed by atoms with Gasteiger partial charge in [-0.25, -0.2) is 5.43 Å². The molecule has 6 nitrogen and oxygen atoms in total. The Morgan fingerprint density at radius 1 is 1.09 bits per heavy atom. The lowest BCUT2D eigenvalue weighted by Crippen LogP contribution is -2.25. The van der Waals surface area contributed by atoms with Crippen molar-refractivity contribution >= 4 is 18.0 Å². The third kappa shape index (κ3) is 11.5. The van der Waals surface area contributed by atoms with Crippen LogP contribution in [0.2, 0.25) is 0 Å². The lowest BCUT2D eigenvalue weighted by molar-refractivity contribution is -0.118. The Hall–Kier alpha value is -3.67. The molecule has 0 aromatic carbocycles. The Bertz CT molecular complexity index is 953. The molecule has 6 heteroatoms. The number of nitrogens with zero attached hydrogens (tertiary/aromatic N) is 1. The number of amides is 2. The SMILES string of the molecule is C/C=C\C.C=C/C(=C\C(=C/CC)NC(=O)/C(C)=C(/C=C)CC)C(=O)N/N=C/c1ccc(C)o1. The van der Waals surface area contributed by atoms with Crippen molar-refractivity contribution in [2.24, 2.45) is 5.10 Å². The lowest BCUT2D eigenvalue weighted by atomic mass is 10.1. The maximum Gasteiger partial charge on any atom is 0.271 e. The second kappa shape index (κ2) is 17.0. The van der Waals surface area contributed by atoms with E-state index in [4.69, 9.17) is 4.42 Å². The zero-order chi connectivity index (χ0) is 25.2. The molecule has 1 aromatic heterocycles. The smallest absolute Gasteiger partial charge is 0.271 e. The minimum absolute atomic E-state index is 0.243. The van der Waals surface area contributed by atoms with Gasteiger partial charge < -0.3 is 9.73 Å². The topological polar surface area (TPSA) is 83.7 Å². The van der Waals surface area contributed by atoms with Gasteiger partial charge in [0.05, 0.1) is 6.21 Å². The summed E-state index contributed by atoms with van der Waals surface area (Å²) < 4.78 is 5.35. The van der Waals surface area contributed by atoms with Gasteiger partial charge in [-0.2, -0.15) is 5.10 Å². The van der Waals surface area contributed by atoms with Crippen LogP contribution in [0.3, 0.4) is 0 Å². The second-order valence-corrected chi connectivity index (χ2v) is 6.85. The van der Waals surface area contributed by atoms with Gasteiger partial charge in [0, 0.05) is 16.8 Å². The summed E-state index contributed by atoms with van der Waals surface area (Å²) >= 11 is 0. The molecule has 0 saturated heterocycles. The molecule has 1 heterocycles. The van der Waals surface area contributed by atoms with E-state index in [1.165, 1.54) is 12.3 Å². The van der Waals surface area contributed by atoms with Crippen molar-refractivity contribution in [1.29, 1.82) is 0 Å². The van der Waals surface area contributed by atoms with Gasteiger partial charge in [-0.3, -0.25) is 9.59 Å². The van der Waals surface area contributed by atoms with Crippen molar-refractivity contribution in [3.63, 3.8) is 0 Å². The molecule has 0 radical (unpaired) electrons. The summed E-state index contributed by atoms with van der Waals surface area (Å²) in [6, 6.07) is 3.55. The lowest BCUT2D eigenvalue weighted by Gasteiger charge is -2.10. The Morgan fingerprint density at radius 2 is 1.76 bits per heavy atom. The third-order valence-corrected chi connectivity index (χ3v) is 4.38. The largest absolute Gasteiger partial charge is 0.460 e. The molecule has 33 heavy (non-hydrogen) atoms. The Balaban J connectivity index is 0.00000235. The van der Waals surface area contributed by atoms with E-state index in [0.29, 0.717) is 29.9 Å². The zero-order valence-corrected chi connectivity index (χ0v) is 20.7. The fourth-order valence-corrected chi connectivity index (χ4v) is 2.43. The highest BCUT2D eigenvalue weighted by molar-refractivity contribution is 5.98. The van der Waals surface area contributed by atoms with E-state index in [1.807, 2.05) is 52.8 Å². The van der Waals surface area contributed by atoms with Crippen molar-refractivity contribution in [2.45, 2.75) is 54.4 Å². The molecule has 0 atom stereocenters. The van der Waals surface area contributed by atoms with E-state index in [0.717, 1.165) is 11.3 Å². The molecule has 0 fully saturated rings. The molecule has 178 valence electrons. The van der Waals surface area contributed by atoms with Crippen molar-refractivity contribution in [1.82, 2.24) is 10.7 Å². The maximum atomic E-state index is 12.5. The molecule has 0 saturated carbocycles. The summed E-state index contributed by atoms with van der Waals surface area (Å²) in [5.74, 6) is 0.583. The van der Waals surface area contributed by atoms with Crippen LogP contribution >= 0.6 is 0 Å². The van der Waals surface area contributed by atoms with Crippen LogP contribution in [-0.2, 0) is 9.59 Å². The van der Waals surface area contributed by atoms with Gasteiger partial charge >= 0.3 is 0 Å². The van der Waals surface area contributed by atoms with Crippen LogP contribution in [0, 0.1) is 6.92 Å². The number of rotatable bonds is 10. The first-order valence-corrected chi connectivity index (χ1v) is 10.9. The standard InChI is InChI=1S/C23H29N3O3.C4H8/c1-7-11-20(25-22(27)17(6)18(8-2)9-3)14-19(10-4)23(28)26-24-15-21-13-12-16(5)29-21;1-3-4-2/h8,10-15H,2,4,7,9H2,1,3,5-6H3,(H,25,27)(H,26,28);3-4H,1-2H3/b18-17-,19-14+,20-11+,24-15+;4-3-. The van der Waals surface area contributed by atoms with Crippen LogP contribution in [-0.4, -0.2) is 18.0 Å². The van der Waals surface area contributed by atoms with Gasteiger partial charge in [-0.05, 0) is 64.3 Å². The molecular weight excluding hydrogens is 414 g/mol. The molecule has 0 aliphatic heterocycles. The van der Waals surface area contributed by atoms with E-state index < -0.39 is 5.91 Å². The Labute approximate surface area is 198 Å². The molecule has 0 spiro atoms. The summed E-state index contributed by atoms with van der Waals surface area (Å²) in [5, 5.41) is 6.71. The summed E-state index contributed by atoms with van der Waals surface area (Å²) in [4.78, 5) is 24.9. The monoisotopic (exact) mass is 451 g/mol. The fraction of sp³-hybridized carbons (Fsp3) is 0.296. The number of carbonyl (C=O) groups is 2. The average Bonchev–Trinajstić information content (AvgIpc) is 3.22. The number of allylic oxidation sites excluding steroid dienone is 6. The van der Waals surface area contributed by atoms with Crippen LogP contribution in [0.1, 0.15) is 59.0 Å². The molecular formula is C27H37N3O3. The van der Waals surface area contributed by atoms with Gasteiger partial charge in [0.15, 0.2) is 0 Å². The van der Waals surface area contributed by atoms with E-state index >= 15 is 0 Å². The highest BCUT2D eigenvalue weighted by Crippen LogP contribution is 2.11. The highest BCUT2D eigenvalue weighted by atomic mass is 16.3. The first-order valence-electron chi connectivity index (χ1n) is 10.9. The third-order valence-electron chi connectivity index (χ3n) is 4.38. The summed E-state index contributed by atoms with van der Waals surface area (Å²) in [5.41, 5.74) is 4.64. The highest BCUT2D eigenvalue weighted by Gasteiger charge is 2.11. The average molecular weight is 452 g/mol. The van der Waals surface area contributed by atoms with Crippen LogP contribution < -0.4 is 10.7 Å². The van der Waals surface area contributed by atoms with E-state index in [1.54, 1.807) is 31.2 Å². The molecule has 0 aliphatic carbocycles. The first kappa shape index (κ1) is 29.3. The minimum Gasteiger partial charge on any atom is -0.460 e. The number of carbonyl (C=O) groups excluding carboxylic acids is 2. The molecule has 0 unspecified atom stereocenters. The molecule has 2 N–H and O–H groups in total. The second-order valence-electron chi connectivity index (χ2n) is 6.85. The summed E-state index contributed by atoms with van der Waals surface area (Å²) in [6.45, 7) is 18.9. The molecule has 0 bridgehead atoms. The molecule has 1 aromatic rings. The van der Waals surface area contributed by atoms with Gasteiger partial charge in [0.1, 0.15) is 11.5 Å². The first-order chi connectivity index (χ1) is 15.8. The van der Waals surface area contributed by atoms with E-state index in [-0.39, 0.29) is 11.5 Å². The fourth-order valence-electron chi connectivity index (χ4n) is 2.43. The predicted molar refractivity (Wildman–Crippen MR) is 138 cm³/mol. The molecule has 2 amide bonds. The van der Waals surface area contributed by atoms with Gasteiger partial charge in [0.25, 0.3) is 11.8 Å². The number of nitrogens with one attached hydrogen (secondary N) is 2. The van der Waals surface area contributed by atoms with Crippen LogP contribution in [0.4, 0.5) is 0 Å². The van der Waals surface area contributed by atoms with Gasteiger partial charge in [0.2, 0.25) is 0 Å². The number of hydrogen-bond donors (Lipinski definition) is 2.